The predicted molar refractivity (Wildman–Crippen MR) is 145 cm³/mol. The quantitative estimate of drug-likeness (QED) is 0.0912. The Morgan fingerprint density at radius 2 is 0.667 bits per heavy atom. The number of hydrogen-bond acceptors (Lipinski definition) is 0. The number of hydrogen-bond donors (Lipinski definition) is 0. The van der Waals surface area contributed by atoms with Crippen molar-refractivity contribution in [3.63, 3.8) is 0 Å². The minimum atomic E-state index is -2.16. The van der Waals surface area contributed by atoms with E-state index in [2.05, 4.69) is 41.5 Å². The van der Waals surface area contributed by atoms with Crippen LogP contribution in [0.25, 0.3) is 0 Å². The third-order valence-electron chi connectivity index (χ3n) is 8.35. The molecule has 0 heterocycles. The molecule has 0 unspecified atom stereocenters. The summed E-state index contributed by atoms with van der Waals surface area (Å²) < 4.78 is 5.80. The first-order valence-corrected chi connectivity index (χ1v) is 22.0. The van der Waals surface area contributed by atoms with Crippen LogP contribution in [0.15, 0.2) is 0 Å². The average Bonchev–Trinajstić information content (AvgIpc) is 2.74. The van der Waals surface area contributed by atoms with Gasteiger partial charge in [-0.15, -0.1) is 0 Å². The average molecular weight is 530 g/mol. The Labute approximate surface area is 198 Å². The van der Waals surface area contributed by atoms with Gasteiger partial charge in [0.25, 0.3) is 0 Å². The van der Waals surface area contributed by atoms with E-state index in [4.69, 9.17) is 0 Å². The van der Waals surface area contributed by atoms with E-state index >= 15 is 0 Å². The molecule has 0 atom stereocenters. The van der Waals surface area contributed by atoms with Crippen molar-refractivity contribution in [2.24, 2.45) is 0 Å². The Morgan fingerprint density at radius 3 is 0.933 bits per heavy atom. The van der Waals surface area contributed by atoms with Crippen LogP contribution in [0, 0.1) is 0 Å². The van der Waals surface area contributed by atoms with Gasteiger partial charge in [-0.1, -0.05) is 0 Å². The van der Waals surface area contributed by atoms with Gasteiger partial charge >= 0.3 is 199 Å². The van der Waals surface area contributed by atoms with E-state index in [9.17, 15) is 0 Å². The van der Waals surface area contributed by atoms with Crippen molar-refractivity contribution in [1.82, 2.24) is 0 Å². The first-order valence-electron chi connectivity index (χ1n) is 14.5. The van der Waals surface area contributed by atoms with Crippen molar-refractivity contribution in [2.75, 3.05) is 0 Å². The van der Waals surface area contributed by atoms with E-state index in [0.29, 0.717) is 3.43 Å². The first kappa shape index (κ1) is 30.8. The molecule has 0 bridgehead atoms. The van der Waals surface area contributed by atoms with Gasteiger partial charge in [0.05, 0.1) is 0 Å². The Morgan fingerprint density at radius 1 is 0.400 bits per heavy atom. The van der Waals surface area contributed by atoms with Gasteiger partial charge < -0.3 is 0 Å². The van der Waals surface area contributed by atoms with Gasteiger partial charge in [-0.3, -0.25) is 0 Å². The molecule has 0 aromatic rings. The third-order valence-corrected chi connectivity index (χ3v) is 28.8. The van der Waals surface area contributed by atoms with Crippen LogP contribution in [0.1, 0.15) is 164 Å². The Kier molecular flexibility index (Phi) is 21.0. The van der Waals surface area contributed by atoms with Gasteiger partial charge in [-0.25, -0.2) is 0 Å². The van der Waals surface area contributed by atoms with Crippen molar-refractivity contribution in [3.8, 4) is 0 Å². The molecule has 1 heteroatoms. The van der Waals surface area contributed by atoms with Crippen LogP contribution in [0.4, 0.5) is 0 Å². The maximum atomic E-state index is 2.70. The van der Waals surface area contributed by atoms with Gasteiger partial charge in [-0.05, 0) is 0 Å². The standard InChI is InChI=1S/3C8H17.C5H11.Sn/c3*1-3-5-7-8-6-4-2;1-4-5(2)3;/h3*1,3-8H2,2H3;4H2,1-3H3;. The third kappa shape index (κ3) is 14.1. The molecule has 0 aliphatic rings. The first-order chi connectivity index (χ1) is 14.5. The van der Waals surface area contributed by atoms with E-state index in [1.165, 1.54) is 103 Å². The predicted octanol–water partition coefficient (Wildman–Crippen LogP) is 11.7. The van der Waals surface area contributed by atoms with Crippen molar-refractivity contribution >= 4 is 18.4 Å². The van der Waals surface area contributed by atoms with Crippen LogP contribution < -0.4 is 0 Å². The zero-order valence-electron chi connectivity index (χ0n) is 22.6. The second kappa shape index (κ2) is 20.4. The Hall–Kier alpha value is 0.799. The van der Waals surface area contributed by atoms with Gasteiger partial charge in [0, 0.05) is 0 Å². The summed E-state index contributed by atoms with van der Waals surface area (Å²) in [4.78, 5) is 0. The Bertz CT molecular complexity index is 305. The van der Waals surface area contributed by atoms with Crippen LogP contribution >= 0.6 is 0 Å². The molecule has 0 saturated heterocycles. The topological polar surface area (TPSA) is 0 Å². The summed E-state index contributed by atoms with van der Waals surface area (Å²) in [5, 5.41) is 0. The van der Waals surface area contributed by atoms with Gasteiger partial charge in [0.15, 0.2) is 0 Å². The fourth-order valence-corrected chi connectivity index (χ4v) is 23.5. The minimum absolute atomic E-state index is 0.699. The van der Waals surface area contributed by atoms with Gasteiger partial charge in [0.2, 0.25) is 0 Å². The summed E-state index contributed by atoms with van der Waals surface area (Å²) in [6.45, 7) is 14.9. The monoisotopic (exact) mass is 530 g/mol. The molecule has 0 nitrogen and oxygen atoms in total. The summed E-state index contributed by atoms with van der Waals surface area (Å²) in [6, 6.07) is 0. The molecule has 0 aliphatic heterocycles. The van der Waals surface area contributed by atoms with E-state index in [-0.39, 0.29) is 0 Å². The van der Waals surface area contributed by atoms with Crippen LogP contribution in [-0.2, 0) is 0 Å². The second-order valence-electron chi connectivity index (χ2n) is 11.1. The van der Waals surface area contributed by atoms with E-state index in [0.717, 1.165) is 0 Å². The van der Waals surface area contributed by atoms with Crippen molar-refractivity contribution < 1.29 is 0 Å². The van der Waals surface area contributed by atoms with Crippen LogP contribution in [0.3, 0.4) is 0 Å². The SMILES string of the molecule is CCCCCCC[CH2][Sn]([CH2]CCCCCCC)([CH2]CCCCCCC)[C](C)(C)CC. The number of unbranched alkanes of at least 4 members (excludes halogenated alkanes) is 15. The normalized spacial score (nSPS) is 12.6. The van der Waals surface area contributed by atoms with Gasteiger partial charge in [0.1, 0.15) is 0 Å². The molecule has 182 valence electrons. The summed E-state index contributed by atoms with van der Waals surface area (Å²) in [5.41, 5.74) is 0. The second-order valence-corrected chi connectivity index (χ2v) is 26.5. The van der Waals surface area contributed by atoms with Crippen molar-refractivity contribution in [2.45, 2.75) is 180 Å². The molecule has 0 aromatic heterocycles. The zero-order valence-corrected chi connectivity index (χ0v) is 25.4. The molecule has 0 rings (SSSR count). The maximum absolute atomic E-state index is 2.70. The summed E-state index contributed by atoms with van der Waals surface area (Å²) >= 11 is -2.16. The molecule has 30 heavy (non-hydrogen) atoms. The van der Waals surface area contributed by atoms with E-state index in [1.807, 2.05) is 0 Å². The van der Waals surface area contributed by atoms with E-state index < -0.39 is 18.4 Å². The molecule has 0 spiro atoms. The molecule has 0 aromatic carbocycles. The van der Waals surface area contributed by atoms with Crippen LogP contribution in [0.5, 0.6) is 0 Å². The molecule has 0 amide bonds. The molecule has 0 aliphatic carbocycles. The summed E-state index contributed by atoms with van der Waals surface area (Å²) in [6.07, 6.45) is 28.1. The molecule has 0 saturated carbocycles. The fraction of sp³-hybridized carbons (Fsp3) is 1.00. The molecule has 0 N–H and O–H groups in total. The summed E-state index contributed by atoms with van der Waals surface area (Å²) in [7, 11) is 0. The van der Waals surface area contributed by atoms with Crippen molar-refractivity contribution in [3.05, 3.63) is 0 Å². The Balaban J connectivity index is 4.85. The molecular weight excluding hydrogens is 467 g/mol. The van der Waals surface area contributed by atoms with Crippen molar-refractivity contribution in [1.29, 1.82) is 0 Å². The summed E-state index contributed by atoms with van der Waals surface area (Å²) in [5.74, 6) is 0. The van der Waals surface area contributed by atoms with Crippen LogP contribution in [-0.4, -0.2) is 18.4 Å². The van der Waals surface area contributed by atoms with Crippen LogP contribution in [0.2, 0.25) is 16.7 Å². The zero-order chi connectivity index (χ0) is 22.6. The molecule has 0 radical (unpaired) electrons. The molecular formula is C29H62Sn. The molecule has 0 fully saturated rings. The fourth-order valence-electron chi connectivity index (χ4n) is 5.50. The van der Waals surface area contributed by atoms with E-state index in [1.54, 1.807) is 32.6 Å². The number of rotatable bonds is 23. The van der Waals surface area contributed by atoms with Gasteiger partial charge in [-0.2, -0.15) is 0 Å².